The van der Waals surface area contributed by atoms with Crippen LogP contribution in [-0.4, -0.2) is 15.5 Å². The van der Waals surface area contributed by atoms with Crippen molar-refractivity contribution in [3.63, 3.8) is 0 Å². The number of hydrogen-bond acceptors (Lipinski definition) is 3. The predicted molar refractivity (Wildman–Crippen MR) is 69.9 cm³/mol. The zero-order valence-corrected chi connectivity index (χ0v) is 10.5. The van der Waals surface area contributed by atoms with Crippen LogP contribution in [0.5, 0.6) is 0 Å². The monoisotopic (exact) mass is 240 g/mol. The van der Waals surface area contributed by atoms with Gasteiger partial charge in [0.15, 0.2) is 0 Å². The molecule has 1 aliphatic carbocycles. The quantitative estimate of drug-likeness (QED) is 0.866. The number of rotatable bonds is 3. The highest BCUT2D eigenvalue weighted by Gasteiger charge is 2.30. The van der Waals surface area contributed by atoms with Gasteiger partial charge in [-0.25, -0.2) is 4.98 Å². The maximum Gasteiger partial charge on any atom is 0.141 e. The van der Waals surface area contributed by atoms with E-state index in [1.165, 1.54) is 19.3 Å². The number of pyridine rings is 1. The molecule has 2 heterocycles. The third-order valence-electron chi connectivity index (χ3n) is 3.88. The largest absolute Gasteiger partial charge is 0.360 e. The van der Waals surface area contributed by atoms with Gasteiger partial charge in [0, 0.05) is 18.3 Å². The van der Waals surface area contributed by atoms with Crippen LogP contribution in [0.3, 0.4) is 0 Å². The van der Waals surface area contributed by atoms with Gasteiger partial charge in [0.25, 0.3) is 0 Å². The van der Waals surface area contributed by atoms with Crippen LogP contribution in [0.15, 0.2) is 18.3 Å². The number of aromatic amines is 1. The molecule has 2 aromatic heterocycles. The molecule has 0 saturated heterocycles. The van der Waals surface area contributed by atoms with Crippen molar-refractivity contribution in [1.29, 1.82) is 5.26 Å². The van der Waals surface area contributed by atoms with Crippen molar-refractivity contribution in [2.45, 2.75) is 38.3 Å². The molecule has 0 aromatic carbocycles. The summed E-state index contributed by atoms with van der Waals surface area (Å²) in [7, 11) is 0. The Kier molecular flexibility index (Phi) is 2.57. The molecule has 0 radical (unpaired) electrons. The Labute approximate surface area is 106 Å². The summed E-state index contributed by atoms with van der Waals surface area (Å²) in [4.78, 5) is 7.47. The average molecular weight is 240 g/mol. The van der Waals surface area contributed by atoms with Crippen molar-refractivity contribution in [2.24, 2.45) is 0 Å². The summed E-state index contributed by atoms with van der Waals surface area (Å²) in [6.07, 6.45) is 5.64. The molecule has 1 fully saturated rings. The summed E-state index contributed by atoms with van der Waals surface area (Å²) in [5.41, 5.74) is 3.77. The van der Waals surface area contributed by atoms with E-state index in [1.54, 1.807) is 0 Å². The van der Waals surface area contributed by atoms with E-state index in [0.717, 1.165) is 23.1 Å². The summed E-state index contributed by atoms with van der Waals surface area (Å²) < 4.78 is 0. The molecule has 1 saturated carbocycles. The van der Waals surface area contributed by atoms with E-state index < -0.39 is 0 Å². The van der Waals surface area contributed by atoms with Crippen LogP contribution in [0.25, 0.3) is 11.0 Å². The first-order chi connectivity index (χ1) is 8.70. The minimum absolute atomic E-state index is 0.273. The second-order valence-electron chi connectivity index (χ2n) is 5.28. The van der Waals surface area contributed by atoms with Gasteiger partial charge in [-0.1, -0.05) is 0 Å². The van der Waals surface area contributed by atoms with E-state index in [9.17, 15) is 0 Å². The third-order valence-corrected chi connectivity index (χ3v) is 3.88. The molecule has 2 N–H and O–H groups in total. The SMILES string of the molecule is CC1(NCc2cc(C#N)nc3cc[nH]c23)CCC1. The highest BCUT2D eigenvalue weighted by Crippen LogP contribution is 2.31. The Morgan fingerprint density at radius 1 is 1.56 bits per heavy atom. The van der Waals surface area contributed by atoms with Crippen molar-refractivity contribution in [1.82, 2.24) is 15.3 Å². The molecule has 4 nitrogen and oxygen atoms in total. The molecule has 2 aromatic rings. The summed E-state index contributed by atoms with van der Waals surface area (Å²) in [6.45, 7) is 3.04. The van der Waals surface area contributed by atoms with Gasteiger partial charge in [0.2, 0.25) is 0 Å². The fourth-order valence-electron chi connectivity index (χ4n) is 2.50. The number of fused-ring (bicyclic) bond motifs is 1. The van der Waals surface area contributed by atoms with Gasteiger partial charge in [0.1, 0.15) is 11.8 Å². The lowest BCUT2D eigenvalue weighted by atomic mass is 9.78. The lowest BCUT2D eigenvalue weighted by Crippen LogP contribution is -2.47. The number of hydrogen-bond donors (Lipinski definition) is 2. The summed E-state index contributed by atoms with van der Waals surface area (Å²) in [5, 5.41) is 12.6. The van der Waals surface area contributed by atoms with Gasteiger partial charge in [-0.3, -0.25) is 0 Å². The third kappa shape index (κ3) is 1.87. The highest BCUT2D eigenvalue weighted by molar-refractivity contribution is 5.79. The molecule has 92 valence electrons. The van der Waals surface area contributed by atoms with E-state index in [-0.39, 0.29) is 5.54 Å². The molecule has 3 rings (SSSR count). The molecular formula is C14H16N4. The Morgan fingerprint density at radius 3 is 3.06 bits per heavy atom. The normalized spacial score (nSPS) is 17.3. The minimum Gasteiger partial charge on any atom is -0.360 e. The van der Waals surface area contributed by atoms with Gasteiger partial charge < -0.3 is 10.3 Å². The number of nitrogens with zero attached hydrogens (tertiary/aromatic N) is 2. The predicted octanol–water partition coefficient (Wildman–Crippen LogP) is 2.47. The zero-order chi connectivity index (χ0) is 12.6. The summed E-state index contributed by atoms with van der Waals surface area (Å²) >= 11 is 0. The van der Waals surface area contributed by atoms with Crippen LogP contribution in [0.2, 0.25) is 0 Å². The molecule has 18 heavy (non-hydrogen) atoms. The van der Waals surface area contributed by atoms with Crippen LogP contribution in [-0.2, 0) is 6.54 Å². The lowest BCUT2D eigenvalue weighted by Gasteiger charge is -2.39. The summed E-state index contributed by atoms with van der Waals surface area (Å²) in [5.74, 6) is 0. The second kappa shape index (κ2) is 4.11. The maximum absolute atomic E-state index is 9.00. The molecule has 0 aliphatic heterocycles. The molecular weight excluding hydrogens is 224 g/mol. The van der Waals surface area contributed by atoms with E-state index in [2.05, 4.69) is 28.3 Å². The van der Waals surface area contributed by atoms with Crippen molar-refractivity contribution < 1.29 is 0 Å². The van der Waals surface area contributed by atoms with Gasteiger partial charge in [-0.2, -0.15) is 5.26 Å². The number of H-pyrrole nitrogens is 1. The molecule has 0 spiro atoms. The van der Waals surface area contributed by atoms with Gasteiger partial charge in [-0.05, 0) is 43.9 Å². The zero-order valence-electron chi connectivity index (χ0n) is 10.5. The maximum atomic E-state index is 9.00. The Morgan fingerprint density at radius 2 is 2.39 bits per heavy atom. The van der Waals surface area contributed by atoms with Crippen molar-refractivity contribution in [3.05, 3.63) is 29.6 Å². The minimum atomic E-state index is 0.273. The van der Waals surface area contributed by atoms with Crippen LogP contribution in [0.1, 0.15) is 37.4 Å². The van der Waals surface area contributed by atoms with E-state index in [0.29, 0.717) is 5.69 Å². The molecule has 4 heteroatoms. The fourth-order valence-corrected chi connectivity index (χ4v) is 2.50. The Hall–Kier alpha value is -1.86. The smallest absolute Gasteiger partial charge is 0.141 e. The molecule has 0 amide bonds. The Balaban J connectivity index is 1.90. The Bertz CT molecular complexity index is 616. The van der Waals surface area contributed by atoms with Gasteiger partial charge in [-0.15, -0.1) is 0 Å². The van der Waals surface area contributed by atoms with Gasteiger partial charge >= 0.3 is 0 Å². The number of nitriles is 1. The first-order valence-electron chi connectivity index (χ1n) is 6.32. The molecule has 0 bridgehead atoms. The number of nitrogens with one attached hydrogen (secondary N) is 2. The molecule has 1 aliphatic rings. The molecule has 0 atom stereocenters. The standard InChI is InChI=1S/C14H16N4/c1-14(4-2-5-14)17-9-10-7-11(8-15)18-12-3-6-16-13(10)12/h3,6-7,16-17H,2,4-5,9H2,1H3. The topological polar surface area (TPSA) is 64.5 Å². The van der Waals surface area contributed by atoms with Crippen molar-refractivity contribution in [2.75, 3.05) is 0 Å². The van der Waals surface area contributed by atoms with E-state index in [1.807, 2.05) is 18.3 Å². The van der Waals surface area contributed by atoms with Gasteiger partial charge in [0.05, 0.1) is 11.0 Å². The lowest BCUT2D eigenvalue weighted by molar-refractivity contribution is 0.207. The van der Waals surface area contributed by atoms with Crippen molar-refractivity contribution >= 4 is 11.0 Å². The van der Waals surface area contributed by atoms with E-state index in [4.69, 9.17) is 5.26 Å². The van der Waals surface area contributed by atoms with Crippen molar-refractivity contribution in [3.8, 4) is 6.07 Å². The van der Waals surface area contributed by atoms with Crippen LogP contribution in [0.4, 0.5) is 0 Å². The summed E-state index contributed by atoms with van der Waals surface area (Å²) in [6, 6.07) is 5.90. The van der Waals surface area contributed by atoms with Crippen LogP contribution < -0.4 is 5.32 Å². The first-order valence-corrected chi connectivity index (χ1v) is 6.32. The first kappa shape index (κ1) is 11.2. The fraction of sp³-hybridized carbons (Fsp3) is 0.429. The average Bonchev–Trinajstić information content (AvgIpc) is 2.81. The molecule has 0 unspecified atom stereocenters. The van der Waals surface area contributed by atoms with Crippen LogP contribution in [0, 0.1) is 11.3 Å². The number of aromatic nitrogens is 2. The van der Waals surface area contributed by atoms with E-state index >= 15 is 0 Å². The highest BCUT2D eigenvalue weighted by atomic mass is 15.0. The van der Waals surface area contributed by atoms with Crippen LogP contribution >= 0.6 is 0 Å². The second-order valence-corrected chi connectivity index (χ2v) is 5.28.